The summed E-state index contributed by atoms with van der Waals surface area (Å²) in [6, 6.07) is 0. The van der Waals surface area contributed by atoms with E-state index in [1.807, 2.05) is 13.8 Å². The summed E-state index contributed by atoms with van der Waals surface area (Å²) >= 11 is 0. The summed E-state index contributed by atoms with van der Waals surface area (Å²) in [5.74, 6) is 1.56. The average molecular weight is 234 g/mol. The molecule has 2 heterocycles. The van der Waals surface area contributed by atoms with E-state index >= 15 is 0 Å². The van der Waals surface area contributed by atoms with Crippen molar-refractivity contribution in [2.45, 2.75) is 40.0 Å². The number of rotatable bonds is 4. The fraction of sp³-hybridized carbons (Fsp3) is 0.538. The van der Waals surface area contributed by atoms with Gasteiger partial charge in [-0.05, 0) is 20.3 Å². The molecule has 4 nitrogen and oxygen atoms in total. The number of ether oxygens (including phenoxy) is 1. The summed E-state index contributed by atoms with van der Waals surface area (Å²) < 4.78 is 5.77. The molecular weight excluding hydrogens is 216 g/mol. The molecule has 0 radical (unpaired) electrons. The molecule has 1 aliphatic rings. The van der Waals surface area contributed by atoms with Gasteiger partial charge in [0.25, 0.3) is 0 Å². The lowest BCUT2D eigenvalue weighted by molar-refractivity contribution is -0.115. The molecule has 0 aromatic carbocycles. The van der Waals surface area contributed by atoms with Crippen LogP contribution in [0.25, 0.3) is 0 Å². The van der Waals surface area contributed by atoms with Gasteiger partial charge in [-0.2, -0.15) is 0 Å². The highest BCUT2D eigenvalue weighted by Gasteiger charge is 2.24. The number of nitrogens with one attached hydrogen (secondary N) is 1. The Morgan fingerprint density at radius 2 is 2.18 bits per heavy atom. The zero-order valence-electron chi connectivity index (χ0n) is 10.6. The molecule has 1 aromatic rings. The van der Waals surface area contributed by atoms with E-state index in [0.717, 1.165) is 35.4 Å². The lowest BCUT2D eigenvalue weighted by Crippen LogP contribution is -2.05. The molecule has 0 saturated heterocycles. The van der Waals surface area contributed by atoms with Crippen molar-refractivity contribution >= 4 is 11.7 Å². The molecule has 0 fully saturated rings. The van der Waals surface area contributed by atoms with E-state index in [4.69, 9.17) is 4.74 Å². The van der Waals surface area contributed by atoms with Gasteiger partial charge in [-0.25, -0.2) is 4.98 Å². The lowest BCUT2D eigenvalue weighted by atomic mass is 10.1. The highest BCUT2D eigenvalue weighted by atomic mass is 16.5. The van der Waals surface area contributed by atoms with Crippen molar-refractivity contribution in [3.63, 3.8) is 0 Å². The SMILES string of the molecule is CCCCOc1c(C)nc2c(c1C)CC(=O)N2. The second kappa shape index (κ2) is 4.73. The second-order valence-electron chi connectivity index (χ2n) is 4.41. The number of aryl methyl sites for hydroxylation is 1. The largest absolute Gasteiger partial charge is 0.491 e. The van der Waals surface area contributed by atoms with Gasteiger partial charge in [-0.3, -0.25) is 4.79 Å². The fourth-order valence-electron chi connectivity index (χ4n) is 2.06. The van der Waals surface area contributed by atoms with Gasteiger partial charge < -0.3 is 10.1 Å². The summed E-state index contributed by atoms with van der Waals surface area (Å²) in [4.78, 5) is 15.7. The Morgan fingerprint density at radius 1 is 1.41 bits per heavy atom. The van der Waals surface area contributed by atoms with Crippen LogP contribution in [0.15, 0.2) is 0 Å². The first-order chi connectivity index (χ1) is 8.13. The smallest absolute Gasteiger partial charge is 0.230 e. The molecule has 1 amide bonds. The van der Waals surface area contributed by atoms with Crippen molar-refractivity contribution < 1.29 is 9.53 Å². The highest BCUT2D eigenvalue weighted by Crippen LogP contribution is 2.32. The zero-order chi connectivity index (χ0) is 12.4. The summed E-state index contributed by atoms with van der Waals surface area (Å²) in [7, 11) is 0. The minimum absolute atomic E-state index is 0.0145. The van der Waals surface area contributed by atoms with Crippen LogP contribution in [-0.4, -0.2) is 17.5 Å². The summed E-state index contributed by atoms with van der Waals surface area (Å²) in [5, 5.41) is 2.77. The number of carbonyl (C=O) groups is 1. The fourth-order valence-corrected chi connectivity index (χ4v) is 2.06. The number of nitrogens with zero attached hydrogens (tertiary/aromatic N) is 1. The van der Waals surface area contributed by atoms with Crippen LogP contribution in [0.5, 0.6) is 5.75 Å². The van der Waals surface area contributed by atoms with Crippen LogP contribution < -0.4 is 10.1 Å². The van der Waals surface area contributed by atoms with Gasteiger partial charge >= 0.3 is 0 Å². The lowest BCUT2D eigenvalue weighted by Gasteiger charge is -2.13. The van der Waals surface area contributed by atoms with E-state index in [1.165, 1.54) is 0 Å². The molecule has 1 aromatic heterocycles. The van der Waals surface area contributed by atoms with Crippen molar-refractivity contribution in [2.75, 3.05) is 11.9 Å². The molecule has 1 N–H and O–H groups in total. The number of unbranched alkanes of at least 4 members (excludes halogenated alkanes) is 1. The van der Waals surface area contributed by atoms with E-state index in [0.29, 0.717) is 18.8 Å². The number of amides is 1. The normalized spacial score (nSPS) is 13.5. The number of anilines is 1. The maximum Gasteiger partial charge on any atom is 0.230 e. The minimum Gasteiger partial charge on any atom is -0.491 e. The van der Waals surface area contributed by atoms with Crippen molar-refractivity contribution in [3.8, 4) is 5.75 Å². The van der Waals surface area contributed by atoms with E-state index in [-0.39, 0.29) is 5.91 Å². The Balaban J connectivity index is 2.28. The Labute approximate surface area is 101 Å². The first-order valence-electron chi connectivity index (χ1n) is 6.06. The molecule has 17 heavy (non-hydrogen) atoms. The van der Waals surface area contributed by atoms with Crippen LogP contribution in [0.2, 0.25) is 0 Å². The van der Waals surface area contributed by atoms with Gasteiger partial charge in [0.05, 0.1) is 18.7 Å². The number of aromatic nitrogens is 1. The number of fused-ring (bicyclic) bond motifs is 1. The minimum atomic E-state index is 0.0145. The van der Waals surface area contributed by atoms with Crippen LogP contribution in [0.1, 0.15) is 36.6 Å². The maximum absolute atomic E-state index is 11.3. The third-order valence-electron chi connectivity index (χ3n) is 3.03. The Hall–Kier alpha value is -1.58. The van der Waals surface area contributed by atoms with Crippen LogP contribution in [-0.2, 0) is 11.2 Å². The monoisotopic (exact) mass is 234 g/mol. The van der Waals surface area contributed by atoms with Gasteiger partial charge in [0.2, 0.25) is 5.91 Å². The first-order valence-corrected chi connectivity index (χ1v) is 6.06. The molecule has 0 unspecified atom stereocenters. The Kier molecular flexibility index (Phi) is 3.31. The van der Waals surface area contributed by atoms with E-state index in [1.54, 1.807) is 0 Å². The average Bonchev–Trinajstić information content (AvgIpc) is 2.64. The van der Waals surface area contributed by atoms with Crippen molar-refractivity contribution in [2.24, 2.45) is 0 Å². The van der Waals surface area contributed by atoms with Crippen molar-refractivity contribution in [1.82, 2.24) is 4.98 Å². The molecule has 92 valence electrons. The molecule has 1 aliphatic heterocycles. The molecule has 0 spiro atoms. The van der Waals surface area contributed by atoms with Crippen molar-refractivity contribution in [3.05, 3.63) is 16.8 Å². The van der Waals surface area contributed by atoms with Gasteiger partial charge in [-0.1, -0.05) is 13.3 Å². The standard InChI is InChI=1S/C13H18N2O2/c1-4-5-6-17-12-8(2)10-7-11(16)15-13(10)14-9(12)3/h4-7H2,1-3H3,(H,14,15,16). The number of carbonyl (C=O) groups excluding carboxylic acids is 1. The molecule has 4 heteroatoms. The van der Waals surface area contributed by atoms with Crippen LogP contribution in [0.3, 0.4) is 0 Å². The summed E-state index contributed by atoms with van der Waals surface area (Å²) in [6.07, 6.45) is 2.56. The van der Waals surface area contributed by atoms with E-state index < -0.39 is 0 Å². The summed E-state index contributed by atoms with van der Waals surface area (Å²) in [5.41, 5.74) is 2.87. The predicted molar refractivity (Wildman–Crippen MR) is 66.4 cm³/mol. The van der Waals surface area contributed by atoms with Gasteiger partial charge in [0.1, 0.15) is 11.6 Å². The van der Waals surface area contributed by atoms with Gasteiger partial charge in [0, 0.05) is 11.1 Å². The van der Waals surface area contributed by atoms with Gasteiger partial charge in [-0.15, -0.1) is 0 Å². The quantitative estimate of drug-likeness (QED) is 0.814. The maximum atomic E-state index is 11.3. The van der Waals surface area contributed by atoms with E-state index in [2.05, 4.69) is 17.2 Å². The molecule has 0 aliphatic carbocycles. The van der Waals surface area contributed by atoms with Gasteiger partial charge in [0.15, 0.2) is 0 Å². The topological polar surface area (TPSA) is 51.2 Å². The zero-order valence-corrected chi connectivity index (χ0v) is 10.6. The molecule has 2 rings (SSSR count). The number of hydrogen-bond acceptors (Lipinski definition) is 3. The third kappa shape index (κ3) is 2.25. The Morgan fingerprint density at radius 3 is 2.88 bits per heavy atom. The van der Waals surface area contributed by atoms with Crippen LogP contribution >= 0.6 is 0 Å². The van der Waals surface area contributed by atoms with Crippen LogP contribution in [0, 0.1) is 13.8 Å². The number of hydrogen-bond donors (Lipinski definition) is 1. The molecule has 0 atom stereocenters. The third-order valence-corrected chi connectivity index (χ3v) is 3.03. The summed E-state index contributed by atoms with van der Waals surface area (Å²) in [6.45, 7) is 6.75. The first kappa shape index (κ1) is 11.9. The molecule has 0 bridgehead atoms. The van der Waals surface area contributed by atoms with E-state index in [9.17, 15) is 4.79 Å². The molecule has 0 saturated carbocycles. The second-order valence-corrected chi connectivity index (χ2v) is 4.41. The van der Waals surface area contributed by atoms with Crippen LogP contribution in [0.4, 0.5) is 5.82 Å². The van der Waals surface area contributed by atoms with Crippen molar-refractivity contribution in [1.29, 1.82) is 0 Å². The highest BCUT2D eigenvalue weighted by molar-refractivity contribution is 5.98. The molecular formula is C13H18N2O2. The Bertz CT molecular complexity index is 455. The predicted octanol–water partition coefficient (Wildman–Crippen LogP) is 2.37. The number of pyridine rings is 1.